The van der Waals surface area contributed by atoms with Gasteiger partial charge < -0.3 is 5.32 Å². The summed E-state index contributed by atoms with van der Waals surface area (Å²) >= 11 is 0. The lowest BCUT2D eigenvalue weighted by Crippen LogP contribution is -2.23. The lowest BCUT2D eigenvalue weighted by Gasteiger charge is -2.16. The summed E-state index contributed by atoms with van der Waals surface area (Å²) in [7, 11) is -5.26. The fourth-order valence-corrected chi connectivity index (χ4v) is 3.51. The van der Waals surface area contributed by atoms with Gasteiger partial charge in [0.2, 0.25) is 0 Å². The minimum atomic E-state index is -5.26. The van der Waals surface area contributed by atoms with E-state index in [-0.39, 0.29) is 0 Å². The molecule has 0 radical (unpaired) electrons. The Bertz CT molecular complexity index is 629. The summed E-state index contributed by atoms with van der Waals surface area (Å²) in [6.45, 7) is 0.809. The number of anilines is 1. The van der Waals surface area contributed by atoms with Crippen molar-refractivity contribution in [3.63, 3.8) is 0 Å². The second kappa shape index (κ2) is 4.63. The molecule has 2 aliphatic carbocycles. The van der Waals surface area contributed by atoms with Gasteiger partial charge in [0, 0.05) is 12.2 Å². The van der Waals surface area contributed by atoms with E-state index < -0.39 is 20.2 Å². The number of halogens is 3. The van der Waals surface area contributed by atoms with Crippen molar-refractivity contribution < 1.29 is 21.6 Å². The fourth-order valence-electron chi connectivity index (χ4n) is 2.75. The first-order chi connectivity index (χ1) is 9.75. The lowest BCUT2D eigenvalue weighted by atomic mass is 10.0. The molecule has 1 aromatic carbocycles. The number of sulfone groups is 1. The van der Waals surface area contributed by atoms with E-state index in [4.69, 9.17) is 0 Å². The van der Waals surface area contributed by atoms with Crippen molar-refractivity contribution in [2.75, 3.05) is 11.9 Å². The molecule has 0 amide bonds. The fraction of sp³-hybridized carbons (Fsp3) is 0.571. The molecule has 0 heterocycles. The quantitative estimate of drug-likeness (QED) is 0.902. The standard InChI is InChI=1S/C14H16F3NO2S/c15-14(16,17)21(19,20)12-5-3-11(4-6-12)18-9-13(7-8-13)10-1-2-10/h3-6,10,18H,1-2,7-9H2. The number of hydrogen-bond acceptors (Lipinski definition) is 3. The van der Waals surface area contributed by atoms with Gasteiger partial charge in [-0.2, -0.15) is 13.2 Å². The molecule has 116 valence electrons. The molecule has 1 aromatic rings. The zero-order chi connectivity index (χ0) is 15.3. The first-order valence-electron chi connectivity index (χ1n) is 6.90. The first kappa shape index (κ1) is 14.7. The van der Waals surface area contributed by atoms with Crippen molar-refractivity contribution in [1.82, 2.24) is 0 Å². The second-order valence-corrected chi connectivity index (χ2v) is 7.90. The third-order valence-electron chi connectivity index (χ3n) is 4.45. The first-order valence-corrected chi connectivity index (χ1v) is 8.38. The van der Waals surface area contributed by atoms with Crippen molar-refractivity contribution >= 4 is 15.5 Å². The summed E-state index contributed by atoms with van der Waals surface area (Å²) in [5, 5.41) is 3.21. The molecule has 0 spiro atoms. The van der Waals surface area contributed by atoms with Crippen molar-refractivity contribution in [3.05, 3.63) is 24.3 Å². The number of nitrogens with one attached hydrogen (secondary N) is 1. The van der Waals surface area contributed by atoms with Gasteiger partial charge in [-0.1, -0.05) is 0 Å². The molecule has 2 fully saturated rings. The van der Waals surface area contributed by atoms with Gasteiger partial charge in [-0.3, -0.25) is 0 Å². The molecule has 21 heavy (non-hydrogen) atoms. The van der Waals surface area contributed by atoms with E-state index in [0.717, 1.165) is 24.6 Å². The maximum Gasteiger partial charge on any atom is 0.501 e. The van der Waals surface area contributed by atoms with Crippen LogP contribution < -0.4 is 5.32 Å². The maximum absolute atomic E-state index is 12.4. The zero-order valence-electron chi connectivity index (χ0n) is 11.3. The predicted molar refractivity (Wildman–Crippen MR) is 72.6 cm³/mol. The van der Waals surface area contributed by atoms with Gasteiger partial charge in [0.05, 0.1) is 4.90 Å². The monoisotopic (exact) mass is 319 g/mol. The van der Waals surface area contributed by atoms with Crippen molar-refractivity contribution in [1.29, 1.82) is 0 Å². The van der Waals surface area contributed by atoms with Gasteiger partial charge >= 0.3 is 5.51 Å². The van der Waals surface area contributed by atoms with Crippen LogP contribution in [0.2, 0.25) is 0 Å². The molecule has 3 rings (SSSR count). The number of hydrogen-bond donors (Lipinski definition) is 1. The van der Waals surface area contributed by atoms with Crippen LogP contribution in [0, 0.1) is 11.3 Å². The minimum absolute atomic E-state index is 0.372. The minimum Gasteiger partial charge on any atom is -0.384 e. The number of benzene rings is 1. The van der Waals surface area contributed by atoms with Gasteiger partial charge in [0.1, 0.15) is 0 Å². The molecular weight excluding hydrogens is 303 g/mol. The molecule has 0 atom stereocenters. The third kappa shape index (κ3) is 2.75. The van der Waals surface area contributed by atoms with Gasteiger partial charge in [-0.15, -0.1) is 0 Å². The van der Waals surface area contributed by atoms with Crippen molar-refractivity contribution in [2.45, 2.75) is 36.1 Å². The average molecular weight is 319 g/mol. The zero-order valence-corrected chi connectivity index (χ0v) is 12.1. The number of alkyl halides is 3. The Kier molecular flexibility index (Phi) is 3.24. The molecule has 2 aliphatic rings. The van der Waals surface area contributed by atoms with Crippen LogP contribution in [0.4, 0.5) is 18.9 Å². The summed E-state index contributed by atoms with van der Waals surface area (Å²) in [5.41, 5.74) is -4.23. The molecule has 3 nitrogen and oxygen atoms in total. The number of rotatable bonds is 5. The molecule has 2 saturated carbocycles. The van der Waals surface area contributed by atoms with Gasteiger partial charge in [0.15, 0.2) is 0 Å². The summed E-state index contributed by atoms with van der Waals surface area (Å²) in [6.07, 6.45) is 4.94. The molecular formula is C14H16F3NO2S. The van der Waals surface area contributed by atoms with E-state index in [2.05, 4.69) is 5.32 Å². The van der Waals surface area contributed by atoms with E-state index in [9.17, 15) is 21.6 Å². The van der Waals surface area contributed by atoms with Crippen LogP contribution in [0.1, 0.15) is 25.7 Å². The molecule has 1 N–H and O–H groups in total. The second-order valence-electron chi connectivity index (χ2n) is 5.96. The van der Waals surface area contributed by atoms with E-state index in [1.807, 2.05) is 0 Å². The van der Waals surface area contributed by atoms with Crippen molar-refractivity contribution in [2.24, 2.45) is 11.3 Å². The van der Waals surface area contributed by atoms with Crippen LogP contribution in [0.15, 0.2) is 29.2 Å². The highest BCUT2D eigenvalue weighted by Gasteiger charge is 2.53. The van der Waals surface area contributed by atoms with Crippen LogP contribution in [-0.2, 0) is 9.84 Å². The normalized spacial score (nSPS) is 21.1. The molecule has 0 saturated heterocycles. The molecule has 0 aliphatic heterocycles. The predicted octanol–water partition coefficient (Wildman–Crippen LogP) is 3.58. The van der Waals surface area contributed by atoms with E-state index in [1.165, 1.54) is 37.8 Å². The highest BCUT2D eigenvalue weighted by Crippen LogP contribution is 2.61. The Balaban J connectivity index is 1.67. The summed E-state index contributed by atoms with van der Waals surface area (Å²) in [6, 6.07) is 4.78. The van der Waals surface area contributed by atoms with E-state index in [1.54, 1.807) is 0 Å². The van der Waals surface area contributed by atoms with Crippen LogP contribution >= 0.6 is 0 Å². The Morgan fingerprint density at radius 3 is 2.14 bits per heavy atom. The molecule has 7 heteroatoms. The molecule has 0 aromatic heterocycles. The smallest absolute Gasteiger partial charge is 0.384 e. The summed E-state index contributed by atoms with van der Waals surface area (Å²) in [4.78, 5) is -0.719. The topological polar surface area (TPSA) is 46.2 Å². The Labute approximate surface area is 121 Å². The van der Waals surface area contributed by atoms with Gasteiger partial charge in [-0.05, 0) is 61.3 Å². The third-order valence-corrected chi connectivity index (χ3v) is 5.95. The SMILES string of the molecule is O=S(=O)(c1ccc(NCC2(C3CC3)CC2)cc1)C(F)(F)F. The van der Waals surface area contributed by atoms with Gasteiger partial charge in [0.25, 0.3) is 9.84 Å². The Morgan fingerprint density at radius 1 is 1.14 bits per heavy atom. The average Bonchev–Trinajstić information content (AvgIpc) is 3.26. The largest absolute Gasteiger partial charge is 0.501 e. The molecule has 0 unspecified atom stereocenters. The highest BCUT2D eigenvalue weighted by atomic mass is 32.2. The maximum atomic E-state index is 12.4. The highest BCUT2D eigenvalue weighted by molar-refractivity contribution is 7.92. The Morgan fingerprint density at radius 2 is 1.71 bits per heavy atom. The van der Waals surface area contributed by atoms with Crippen LogP contribution in [0.3, 0.4) is 0 Å². The van der Waals surface area contributed by atoms with Crippen LogP contribution in [-0.4, -0.2) is 20.5 Å². The molecule has 0 bridgehead atoms. The van der Waals surface area contributed by atoms with Crippen molar-refractivity contribution in [3.8, 4) is 0 Å². The summed E-state index contributed by atoms with van der Waals surface area (Å²) in [5.74, 6) is 0.787. The van der Waals surface area contributed by atoms with E-state index >= 15 is 0 Å². The summed E-state index contributed by atoms with van der Waals surface area (Å²) < 4.78 is 59.8. The van der Waals surface area contributed by atoms with Crippen LogP contribution in [0.25, 0.3) is 0 Å². The lowest BCUT2D eigenvalue weighted by molar-refractivity contribution is -0.0436. The van der Waals surface area contributed by atoms with Crippen LogP contribution in [0.5, 0.6) is 0 Å². The Hall–Kier alpha value is -1.24. The van der Waals surface area contributed by atoms with Gasteiger partial charge in [-0.25, -0.2) is 8.42 Å². The van der Waals surface area contributed by atoms with E-state index in [0.29, 0.717) is 11.1 Å².